The lowest BCUT2D eigenvalue weighted by Crippen LogP contribution is -2.41. The summed E-state index contributed by atoms with van der Waals surface area (Å²) in [6.07, 6.45) is 12.8. The number of fused-ring (bicyclic) bond motifs is 4. The van der Waals surface area contributed by atoms with Crippen LogP contribution in [0, 0.1) is 23.2 Å². The first-order chi connectivity index (χ1) is 10.1. The monoisotopic (exact) mass is 284 g/mol. The maximum absolute atomic E-state index is 5.49. The Kier molecular flexibility index (Phi) is 3.10. The number of ether oxygens (including phenoxy) is 1. The van der Waals surface area contributed by atoms with E-state index in [1.165, 1.54) is 44.3 Å². The molecule has 4 atom stereocenters. The van der Waals surface area contributed by atoms with Crippen LogP contribution in [0.1, 0.15) is 58.3 Å². The summed E-state index contributed by atoms with van der Waals surface area (Å²) in [5.41, 5.74) is 5.53. The molecule has 0 N–H and O–H groups in total. The van der Waals surface area contributed by atoms with Crippen molar-refractivity contribution in [1.82, 2.24) is 0 Å². The number of methoxy groups -OCH3 is 1. The zero-order chi connectivity index (χ0) is 14.6. The van der Waals surface area contributed by atoms with E-state index in [1.807, 2.05) is 7.11 Å². The molecule has 0 radical (unpaired) electrons. The van der Waals surface area contributed by atoms with E-state index in [-0.39, 0.29) is 0 Å². The molecule has 4 rings (SSSR count). The summed E-state index contributed by atoms with van der Waals surface area (Å²) in [5.74, 6) is 3.90. The Bertz CT molecular complexity index is 538. The zero-order valence-electron chi connectivity index (χ0n) is 13.6. The quantitative estimate of drug-likeness (QED) is 0.586. The molecule has 0 aliphatic heterocycles. The molecule has 0 bridgehead atoms. The summed E-state index contributed by atoms with van der Waals surface area (Å²) < 4.78 is 5.49. The highest BCUT2D eigenvalue weighted by atomic mass is 16.5. The van der Waals surface area contributed by atoms with Crippen molar-refractivity contribution in [3.63, 3.8) is 0 Å². The number of hydrogen-bond donors (Lipinski definition) is 0. The molecule has 0 aromatic carbocycles. The second-order valence-corrected chi connectivity index (χ2v) is 7.90. The lowest BCUT2D eigenvalue weighted by molar-refractivity contribution is 0.0619. The molecule has 4 aliphatic rings. The Morgan fingerprint density at radius 3 is 2.90 bits per heavy atom. The molecule has 2 saturated carbocycles. The normalized spacial score (nSPS) is 42.1. The molecule has 0 spiro atoms. The fourth-order valence-corrected chi connectivity index (χ4v) is 5.95. The highest BCUT2D eigenvalue weighted by molar-refractivity contribution is 5.33. The van der Waals surface area contributed by atoms with Gasteiger partial charge in [-0.3, -0.25) is 0 Å². The van der Waals surface area contributed by atoms with E-state index in [1.54, 1.807) is 16.7 Å². The van der Waals surface area contributed by atoms with E-state index in [2.05, 4.69) is 19.6 Å². The Balaban J connectivity index is 1.62. The molecule has 0 aromatic rings. The van der Waals surface area contributed by atoms with Gasteiger partial charge in [-0.2, -0.15) is 0 Å². The number of hydrogen-bond acceptors (Lipinski definition) is 1. The second-order valence-electron chi connectivity index (χ2n) is 7.90. The second kappa shape index (κ2) is 4.76. The number of rotatable bonds is 1. The molecular weight excluding hydrogens is 256 g/mol. The average molecular weight is 284 g/mol. The van der Waals surface area contributed by atoms with Crippen LogP contribution >= 0.6 is 0 Å². The van der Waals surface area contributed by atoms with E-state index in [0.717, 1.165) is 30.6 Å². The van der Waals surface area contributed by atoms with Crippen molar-refractivity contribution in [3.05, 3.63) is 35.1 Å². The summed E-state index contributed by atoms with van der Waals surface area (Å²) in [4.78, 5) is 0. The summed E-state index contributed by atoms with van der Waals surface area (Å²) >= 11 is 0. The van der Waals surface area contributed by atoms with Crippen LogP contribution in [0.4, 0.5) is 0 Å². The van der Waals surface area contributed by atoms with Gasteiger partial charge < -0.3 is 4.74 Å². The van der Waals surface area contributed by atoms with Crippen molar-refractivity contribution in [2.45, 2.75) is 58.3 Å². The van der Waals surface area contributed by atoms with Gasteiger partial charge in [-0.1, -0.05) is 30.2 Å². The fourth-order valence-electron chi connectivity index (χ4n) is 5.95. The van der Waals surface area contributed by atoms with Crippen LogP contribution in [-0.4, -0.2) is 7.11 Å². The van der Waals surface area contributed by atoms with Gasteiger partial charge in [0, 0.05) is 6.42 Å². The third-order valence-electron chi connectivity index (χ3n) is 7.27. The highest BCUT2D eigenvalue weighted by Gasteiger charge is 2.52. The first-order valence-corrected chi connectivity index (χ1v) is 8.75. The Labute approximate surface area is 129 Å². The van der Waals surface area contributed by atoms with Crippen LogP contribution in [0.2, 0.25) is 0 Å². The highest BCUT2D eigenvalue weighted by Crippen LogP contribution is 2.62. The predicted molar refractivity (Wildman–Crippen MR) is 86.8 cm³/mol. The van der Waals surface area contributed by atoms with Gasteiger partial charge in [0.1, 0.15) is 0 Å². The van der Waals surface area contributed by atoms with Crippen molar-refractivity contribution in [2.24, 2.45) is 23.2 Å². The minimum Gasteiger partial charge on any atom is -0.501 e. The largest absolute Gasteiger partial charge is 0.501 e. The molecule has 0 amide bonds. The van der Waals surface area contributed by atoms with E-state index < -0.39 is 0 Å². The van der Waals surface area contributed by atoms with Crippen molar-refractivity contribution < 1.29 is 4.74 Å². The summed E-state index contributed by atoms with van der Waals surface area (Å²) in [5, 5.41) is 0. The van der Waals surface area contributed by atoms with Crippen LogP contribution in [0.3, 0.4) is 0 Å². The molecule has 0 heterocycles. The Morgan fingerprint density at radius 1 is 1.24 bits per heavy atom. The smallest absolute Gasteiger partial charge is 0.0959 e. The summed E-state index contributed by atoms with van der Waals surface area (Å²) in [6.45, 7) is 6.92. The molecule has 0 saturated heterocycles. The zero-order valence-corrected chi connectivity index (χ0v) is 13.6. The fraction of sp³-hybridized carbons (Fsp3) is 0.700. The summed E-state index contributed by atoms with van der Waals surface area (Å²) in [6, 6.07) is 0. The van der Waals surface area contributed by atoms with Gasteiger partial charge in [0.05, 0.1) is 12.9 Å². The molecule has 114 valence electrons. The minimum absolute atomic E-state index is 0.460. The molecular formula is C20H28O. The lowest BCUT2D eigenvalue weighted by Gasteiger charge is -2.50. The maximum Gasteiger partial charge on any atom is 0.0959 e. The van der Waals surface area contributed by atoms with Crippen LogP contribution in [0.25, 0.3) is 0 Å². The standard InChI is InChI=1S/C20H28O/c1-13-4-9-19-18-7-5-14-12-15(21-3)6-8-16(14)17(18)10-11-20(13,19)2/h6,17-19H,1,4-5,7-12H2,2-3H3/t17-,18-,19+,20-/m1/s1. The van der Waals surface area contributed by atoms with E-state index in [0.29, 0.717) is 5.41 Å². The van der Waals surface area contributed by atoms with Crippen LogP contribution < -0.4 is 0 Å². The first kappa shape index (κ1) is 13.7. The lowest BCUT2D eigenvalue weighted by atomic mass is 9.54. The molecule has 21 heavy (non-hydrogen) atoms. The molecule has 4 aliphatic carbocycles. The maximum atomic E-state index is 5.49. The van der Waals surface area contributed by atoms with Gasteiger partial charge in [-0.15, -0.1) is 0 Å². The van der Waals surface area contributed by atoms with Crippen molar-refractivity contribution in [1.29, 1.82) is 0 Å². The Morgan fingerprint density at radius 2 is 2.10 bits per heavy atom. The van der Waals surface area contributed by atoms with Gasteiger partial charge in [-0.25, -0.2) is 0 Å². The molecule has 1 heteroatoms. The van der Waals surface area contributed by atoms with Crippen molar-refractivity contribution in [2.75, 3.05) is 7.11 Å². The van der Waals surface area contributed by atoms with Gasteiger partial charge in [0.2, 0.25) is 0 Å². The molecule has 0 unspecified atom stereocenters. The van der Waals surface area contributed by atoms with Crippen LogP contribution in [0.15, 0.2) is 35.1 Å². The van der Waals surface area contributed by atoms with Crippen LogP contribution in [0.5, 0.6) is 0 Å². The van der Waals surface area contributed by atoms with E-state index >= 15 is 0 Å². The van der Waals surface area contributed by atoms with Gasteiger partial charge >= 0.3 is 0 Å². The van der Waals surface area contributed by atoms with Crippen molar-refractivity contribution >= 4 is 0 Å². The predicted octanol–water partition coefficient (Wildman–Crippen LogP) is 5.40. The number of allylic oxidation sites excluding steroid dienone is 4. The van der Waals surface area contributed by atoms with Gasteiger partial charge in [-0.05, 0) is 74.2 Å². The SMILES string of the molecule is C=C1CC[C@H]2[C@@H]3CCC4=C(CC=C(OC)C4)[C@H]3CC[C@]12C. The third kappa shape index (κ3) is 1.89. The topological polar surface area (TPSA) is 9.23 Å². The van der Waals surface area contributed by atoms with E-state index in [9.17, 15) is 0 Å². The average Bonchev–Trinajstić information content (AvgIpc) is 2.82. The molecule has 1 nitrogen and oxygen atoms in total. The molecule has 2 fully saturated rings. The summed E-state index contributed by atoms with van der Waals surface area (Å²) in [7, 11) is 1.82. The van der Waals surface area contributed by atoms with Gasteiger partial charge in [0.25, 0.3) is 0 Å². The first-order valence-electron chi connectivity index (χ1n) is 8.75. The third-order valence-corrected chi connectivity index (χ3v) is 7.27. The minimum atomic E-state index is 0.460. The molecule has 0 aromatic heterocycles. The van der Waals surface area contributed by atoms with Gasteiger partial charge in [0.15, 0.2) is 0 Å². The van der Waals surface area contributed by atoms with Crippen molar-refractivity contribution in [3.8, 4) is 0 Å². The van der Waals surface area contributed by atoms with Crippen LogP contribution in [-0.2, 0) is 4.74 Å². The van der Waals surface area contributed by atoms with E-state index in [4.69, 9.17) is 4.74 Å². The Hall–Kier alpha value is -0.980.